The molecule has 7 heteroatoms. The van der Waals surface area contributed by atoms with E-state index in [2.05, 4.69) is 15.1 Å². The SMILES string of the molecule is Cc1nc(Cn2c(=S)[nH]c3c(Cl)cccc32)no1. The van der Waals surface area contributed by atoms with Crippen LogP contribution < -0.4 is 0 Å². The summed E-state index contributed by atoms with van der Waals surface area (Å²) in [6, 6.07) is 5.64. The van der Waals surface area contributed by atoms with Crippen LogP contribution in [0.1, 0.15) is 11.7 Å². The van der Waals surface area contributed by atoms with E-state index in [0.29, 0.717) is 28.1 Å². The van der Waals surface area contributed by atoms with Crippen molar-refractivity contribution in [3.63, 3.8) is 0 Å². The van der Waals surface area contributed by atoms with Gasteiger partial charge in [0.15, 0.2) is 10.6 Å². The minimum Gasteiger partial charge on any atom is -0.340 e. The van der Waals surface area contributed by atoms with Crippen LogP contribution in [-0.4, -0.2) is 19.7 Å². The molecule has 5 nitrogen and oxygen atoms in total. The minimum atomic E-state index is 0.455. The average Bonchev–Trinajstić information content (AvgIpc) is 2.87. The topological polar surface area (TPSA) is 59.6 Å². The Morgan fingerprint density at radius 1 is 1.50 bits per heavy atom. The van der Waals surface area contributed by atoms with Gasteiger partial charge in [-0.1, -0.05) is 22.8 Å². The van der Waals surface area contributed by atoms with Gasteiger partial charge in [-0.2, -0.15) is 4.98 Å². The highest BCUT2D eigenvalue weighted by Gasteiger charge is 2.10. The highest BCUT2D eigenvalue weighted by atomic mass is 35.5. The van der Waals surface area contributed by atoms with Crippen molar-refractivity contribution in [3.05, 3.63) is 39.7 Å². The van der Waals surface area contributed by atoms with Crippen molar-refractivity contribution in [3.8, 4) is 0 Å². The second-order valence-corrected chi connectivity index (χ2v) is 4.67. The molecule has 0 atom stereocenters. The van der Waals surface area contributed by atoms with Crippen LogP contribution in [0.4, 0.5) is 0 Å². The highest BCUT2D eigenvalue weighted by Crippen LogP contribution is 2.22. The lowest BCUT2D eigenvalue weighted by atomic mass is 10.3. The fourth-order valence-electron chi connectivity index (χ4n) is 1.85. The molecule has 18 heavy (non-hydrogen) atoms. The number of benzene rings is 1. The maximum atomic E-state index is 6.11. The zero-order valence-electron chi connectivity index (χ0n) is 9.48. The molecular formula is C11H9ClN4OS. The van der Waals surface area contributed by atoms with Crippen molar-refractivity contribution in [2.24, 2.45) is 0 Å². The number of hydrogen-bond donors (Lipinski definition) is 1. The van der Waals surface area contributed by atoms with Gasteiger partial charge in [-0.25, -0.2) is 0 Å². The lowest BCUT2D eigenvalue weighted by Crippen LogP contribution is -2.01. The first-order valence-electron chi connectivity index (χ1n) is 5.31. The zero-order valence-corrected chi connectivity index (χ0v) is 11.0. The van der Waals surface area contributed by atoms with Gasteiger partial charge in [0.2, 0.25) is 5.89 Å². The Bertz CT molecular complexity index is 773. The average molecular weight is 281 g/mol. The Hall–Kier alpha value is -1.66. The number of halogens is 1. The Balaban J connectivity index is 2.14. The van der Waals surface area contributed by atoms with Crippen molar-refractivity contribution < 1.29 is 4.52 Å². The van der Waals surface area contributed by atoms with Crippen LogP contribution in [0.5, 0.6) is 0 Å². The summed E-state index contributed by atoms with van der Waals surface area (Å²) < 4.78 is 7.42. The Labute approximate surface area is 112 Å². The molecule has 0 amide bonds. The van der Waals surface area contributed by atoms with Gasteiger partial charge in [-0.05, 0) is 24.4 Å². The lowest BCUT2D eigenvalue weighted by Gasteiger charge is -2.00. The van der Waals surface area contributed by atoms with E-state index in [1.54, 1.807) is 6.92 Å². The predicted molar refractivity (Wildman–Crippen MR) is 70.3 cm³/mol. The number of para-hydroxylation sites is 1. The summed E-state index contributed by atoms with van der Waals surface area (Å²) >= 11 is 11.4. The number of fused-ring (bicyclic) bond motifs is 1. The number of rotatable bonds is 2. The minimum absolute atomic E-state index is 0.455. The summed E-state index contributed by atoms with van der Waals surface area (Å²) in [5, 5.41) is 4.50. The highest BCUT2D eigenvalue weighted by molar-refractivity contribution is 7.71. The molecule has 0 aliphatic carbocycles. The van der Waals surface area contributed by atoms with Crippen molar-refractivity contribution >= 4 is 34.9 Å². The molecule has 1 N–H and O–H groups in total. The first-order valence-corrected chi connectivity index (χ1v) is 6.10. The van der Waals surface area contributed by atoms with Crippen LogP contribution in [-0.2, 0) is 6.54 Å². The maximum absolute atomic E-state index is 6.11. The van der Waals surface area contributed by atoms with Crippen LogP contribution in [0.25, 0.3) is 11.0 Å². The molecule has 0 saturated carbocycles. The van der Waals surface area contributed by atoms with Crippen molar-refractivity contribution in [1.82, 2.24) is 19.7 Å². The van der Waals surface area contributed by atoms with Gasteiger partial charge in [-0.3, -0.25) is 0 Å². The molecule has 92 valence electrons. The van der Waals surface area contributed by atoms with Gasteiger partial charge in [0, 0.05) is 6.92 Å². The molecule has 0 aliphatic heterocycles. The summed E-state index contributed by atoms with van der Waals surface area (Å²) in [6.45, 7) is 2.21. The zero-order chi connectivity index (χ0) is 12.7. The van der Waals surface area contributed by atoms with Crippen molar-refractivity contribution in [2.75, 3.05) is 0 Å². The number of imidazole rings is 1. The normalized spacial score (nSPS) is 11.2. The number of aromatic amines is 1. The third-order valence-electron chi connectivity index (χ3n) is 2.63. The first kappa shape index (κ1) is 11.4. The number of aryl methyl sites for hydroxylation is 1. The van der Waals surface area contributed by atoms with E-state index in [4.69, 9.17) is 28.3 Å². The lowest BCUT2D eigenvalue weighted by molar-refractivity contribution is 0.386. The number of nitrogens with zero attached hydrogens (tertiary/aromatic N) is 3. The molecule has 0 fully saturated rings. The molecule has 2 heterocycles. The van der Waals surface area contributed by atoms with E-state index in [-0.39, 0.29) is 0 Å². The van der Waals surface area contributed by atoms with Gasteiger partial charge < -0.3 is 14.1 Å². The van der Waals surface area contributed by atoms with E-state index in [9.17, 15) is 0 Å². The van der Waals surface area contributed by atoms with E-state index in [0.717, 1.165) is 11.0 Å². The van der Waals surface area contributed by atoms with Gasteiger partial charge >= 0.3 is 0 Å². The van der Waals surface area contributed by atoms with Gasteiger partial charge in [-0.15, -0.1) is 0 Å². The first-order chi connectivity index (χ1) is 8.65. The molecule has 2 aromatic heterocycles. The van der Waals surface area contributed by atoms with E-state index in [1.807, 2.05) is 22.8 Å². The second kappa shape index (κ2) is 4.22. The number of hydrogen-bond acceptors (Lipinski definition) is 4. The summed E-state index contributed by atoms with van der Waals surface area (Å²) in [5.41, 5.74) is 1.75. The Kier molecular flexibility index (Phi) is 2.68. The van der Waals surface area contributed by atoms with Crippen LogP contribution in [0, 0.1) is 11.7 Å². The van der Waals surface area contributed by atoms with Crippen LogP contribution in [0.3, 0.4) is 0 Å². The second-order valence-electron chi connectivity index (χ2n) is 3.88. The summed E-state index contributed by atoms with van der Waals surface area (Å²) in [6.07, 6.45) is 0. The summed E-state index contributed by atoms with van der Waals surface area (Å²) in [7, 11) is 0. The molecule has 0 aliphatic rings. The van der Waals surface area contributed by atoms with Gasteiger partial charge in [0.05, 0.1) is 22.6 Å². The number of aromatic nitrogens is 4. The van der Waals surface area contributed by atoms with E-state index < -0.39 is 0 Å². The smallest absolute Gasteiger partial charge is 0.223 e. The van der Waals surface area contributed by atoms with E-state index in [1.165, 1.54) is 0 Å². The third kappa shape index (κ3) is 1.83. The molecule has 0 unspecified atom stereocenters. The monoisotopic (exact) mass is 280 g/mol. The fourth-order valence-corrected chi connectivity index (χ4v) is 2.33. The standard InChI is InChI=1S/C11H9ClN4OS/c1-6-13-9(15-17-6)5-16-8-4-2-3-7(12)10(8)14-11(16)18/h2-4H,5H2,1H3,(H,14,18). The number of nitrogens with one attached hydrogen (secondary N) is 1. The van der Waals surface area contributed by atoms with Crippen LogP contribution in [0.15, 0.2) is 22.7 Å². The molecule has 0 saturated heterocycles. The van der Waals surface area contributed by atoms with Crippen molar-refractivity contribution in [2.45, 2.75) is 13.5 Å². The van der Waals surface area contributed by atoms with Crippen LogP contribution >= 0.6 is 23.8 Å². The van der Waals surface area contributed by atoms with Crippen molar-refractivity contribution in [1.29, 1.82) is 0 Å². The summed E-state index contributed by atoms with van der Waals surface area (Å²) in [4.78, 5) is 7.25. The molecular weight excluding hydrogens is 272 g/mol. The fraction of sp³-hybridized carbons (Fsp3) is 0.182. The summed E-state index contributed by atoms with van der Waals surface area (Å²) in [5.74, 6) is 1.12. The Morgan fingerprint density at radius 3 is 3.06 bits per heavy atom. The molecule has 3 aromatic rings. The molecule has 0 bridgehead atoms. The molecule has 3 rings (SSSR count). The molecule has 1 aromatic carbocycles. The number of H-pyrrole nitrogens is 1. The largest absolute Gasteiger partial charge is 0.340 e. The van der Waals surface area contributed by atoms with Gasteiger partial charge in [0.25, 0.3) is 0 Å². The van der Waals surface area contributed by atoms with Gasteiger partial charge in [0.1, 0.15) is 0 Å². The Morgan fingerprint density at radius 2 is 2.33 bits per heavy atom. The third-order valence-corrected chi connectivity index (χ3v) is 3.27. The van der Waals surface area contributed by atoms with E-state index >= 15 is 0 Å². The molecule has 0 spiro atoms. The van der Waals surface area contributed by atoms with Crippen LogP contribution in [0.2, 0.25) is 5.02 Å². The maximum Gasteiger partial charge on any atom is 0.223 e. The predicted octanol–water partition coefficient (Wildman–Crippen LogP) is 3.09. The quantitative estimate of drug-likeness (QED) is 0.733. The molecule has 0 radical (unpaired) electrons.